The van der Waals surface area contributed by atoms with Gasteiger partial charge in [-0.25, -0.2) is 0 Å². The summed E-state index contributed by atoms with van der Waals surface area (Å²) in [6.07, 6.45) is 0. The van der Waals surface area contributed by atoms with Gasteiger partial charge < -0.3 is 25.7 Å². The van der Waals surface area contributed by atoms with Gasteiger partial charge in [-0.2, -0.15) is 0 Å². The first-order valence-electron chi connectivity index (χ1n) is 8.56. The highest BCUT2D eigenvalue weighted by molar-refractivity contribution is 5.95. The minimum Gasteiger partial charge on any atom is -0.483 e. The molecule has 0 aliphatic heterocycles. The number of pyridine rings is 1. The first-order valence-corrected chi connectivity index (χ1v) is 8.56. The molecule has 0 fully saturated rings. The summed E-state index contributed by atoms with van der Waals surface area (Å²) in [5.74, 6) is -0.349. The fraction of sp³-hybridized carbons (Fsp3) is 0.368. The zero-order chi connectivity index (χ0) is 19.1. The second-order valence-electron chi connectivity index (χ2n) is 6.22. The lowest BCUT2D eigenvalue weighted by molar-refractivity contribution is 0.0699. The van der Waals surface area contributed by atoms with Gasteiger partial charge in [0.15, 0.2) is 11.4 Å². The molecule has 0 aliphatic carbocycles. The number of nitrogens with one attached hydrogen (secondary N) is 2. The summed E-state index contributed by atoms with van der Waals surface area (Å²) in [5, 5.41) is 2.96. The molecule has 0 bridgehead atoms. The third-order valence-electron chi connectivity index (χ3n) is 3.93. The SMILES string of the molecule is CNCc1cc(=O)c(OCc2ccccc2)c(C(=O)N(CN)C(C)C)[nH]1. The number of nitrogens with zero attached hydrogens (tertiary/aromatic N) is 1. The quantitative estimate of drug-likeness (QED) is 0.620. The Morgan fingerprint density at radius 3 is 2.58 bits per heavy atom. The van der Waals surface area contributed by atoms with Crippen molar-refractivity contribution < 1.29 is 9.53 Å². The van der Waals surface area contributed by atoms with Crippen LogP contribution < -0.4 is 21.2 Å². The van der Waals surface area contributed by atoms with E-state index in [1.165, 1.54) is 11.0 Å². The molecule has 1 heterocycles. The maximum atomic E-state index is 12.9. The Kier molecular flexibility index (Phi) is 6.94. The molecule has 2 rings (SSSR count). The number of carbonyl (C=O) groups excluding carboxylic acids is 1. The minimum atomic E-state index is -0.361. The number of aromatic nitrogens is 1. The number of amides is 1. The second kappa shape index (κ2) is 9.17. The van der Waals surface area contributed by atoms with Crippen LogP contribution in [0.15, 0.2) is 41.2 Å². The maximum Gasteiger partial charge on any atom is 0.275 e. The van der Waals surface area contributed by atoms with Crippen molar-refractivity contribution in [3.8, 4) is 5.75 Å². The predicted octanol–water partition coefficient (Wildman–Crippen LogP) is 1.44. The molecule has 1 amide bonds. The van der Waals surface area contributed by atoms with Crippen molar-refractivity contribution in [3.05, 3.63) is 63.6 Å². The molecule has 1 aromatic heterocycles. The van der Waals surface area contributed by atoms with Crippen LogP contribution in [0.4, 0.5) is 0 Å². The van der Waals surface area contributed by atoms with E-state index in [-0.39, 0.29) is 42.1 Å². The average Bonchev–Trinajstić information content (AvgIpc) is 2.61. The summed E-state index contributed by atoms with van der Waals surface area (Å²) in [5.41, 5.74) is 7.02. The summed E-state index contributed by atoms with van der Waals surface area (Å²) < 4.78 is 5.73. The minimum absolute atomic E-state index is 0.0119. The van der Waals surface area contributed by atoms with Crippen LogP contribution in [0.1, 0.15) is 35.6 Å². The number of hydrogen-bond acceptors (Lipinski definition) is 5. The number of rotatable bonds is 8. The third kappa shape index (κ3) is 4.71. The van der Waals surface area contributed by atoms with Crippen molar-refractivity contribution in [1.29, 1.82) is 0 Å². The number of hydrogen-bond donors (Lipinski definition) is 3. The summed E-state index contributed by atoms with van der Waals surface area (Å²) in [6.45, 7) is 4.40. The van der Waals surface area contributed by atoms with Crippen molar-refractivity contribution in [2.24, 2.45) is 5.73 Å². The Balaban J connectivity index is 2.41. The molecule has 140 valence electrons. The standard InChI is InChI=1S/C19H26N4O3/c1-13(2)23(12-20)19(25)17-18(16(24)9-15(22-17)10-21-3)26-11-14-7-5-4-6-8-14/h4-9,13,21H,10-12,20H2,1-3H3,(H,22,24). The van der Waals surface area contributed by atoms with Gasteiger partial charge in [0.25, 0.3) is 5.91 Å². The van der Waals surface area contributed by atoms with Gasteiger partial charge in [-0.15, -0.1) is 0 Å². The smallest absolute Gasteiger partial charge is 0.275 e. The first kappa shape index (κ1) is 19.7. The summed E-state index contributed by atoms with van der Waals surface area (Å²) in [4.78, 5) is 30.0. The topological polar surface area (TPSA) is 100 Å². The molecule has 26 heavy (non-hydrogen) atoms. The lowest BCUT2D eigenvalue weighted by Gasteiger charge is -2.25. The van der Waals surface area contributed by atoms with E-state index in [1.807, 2.05) is 44.2 Å². The Hall–Kier alpha value is -2.64. The van der Waals surface area contributed by atoms with Gasteiger partial charge >= 0.3 is 0 Å². The number of benzene rings is 1. The maximum absolute atomic E-state index is 12.9. The highest BCUT2D eigenvalue weighted by atomic mass is 16.5. The van der Waals surface area contributed by atoms with Crippen LogP contribution in [0.25, 0.3) is 0 Å². The molecular formula is C19H26N4O3. The number of carbonyl (C=O) groups is 1. The Bertz CT molecular complexity index is 787. The lowest BCUT2D eigenvalue weighted by Crippen LogP contribution is -2.42. The van der Waals surface area contributed by atoms with Gasteiger partial charge in [-0.3, -0.25) is 9.59 Å². The van der Waals surface area contributed by atoms with Gasteiger partial charge in [0, 0.05) is 24.3 Å². The van der Waals surface area contributed by atoms with E-state index in [0.29, 0.717) is 12.2 Å². The van der Waals surface area contributed by atoms with E-state index in [4.69, 9.17) is 10.5 Å². The van der Waals surface area contributed by atoms with Gasteiger partial charge in [-0.05, 0) is 26.5 Å². The van der Waals surface area contributed by atoms with Crippen LogP contribution >= 0.6 is 0 Å². The van der Waals surface area contributed by atoms with E-state index in [2.05, 4.69) is 10.3 Å². The molecule has 1 aromatic carbocycles. The van der Waals surface area contributed by atoms with Crippen LogP contribution in [-0.4, -0.2) is 35.5 Å². The third-order valence-corrected chi connectivity index (χ3v) is 3.93. The van der Waals surface area contributed by atoms with Crippen LogP contribution in [0.2, 0.25) is 0 Å². The summed E-state index contributed by atoms with van der Waals surface area (Å²) in [7, 11) is 1.76. The summed E-state index contributed by atoms with van der Waals surface area (Å²) in [6, 6.07) is 10.8. The molecule has 4 N–H and O–H groups in total. The number of H-pyrrole nitrogens is 1. The van der Waals surface area contributed by atoms with Crippen molar-refractivity contribution >= 4 is 5.91 Å². The van der Waals surface area contributed by atoms with Crippen molar-refractivity contribution in [3.63, 3.8) is 0 Å². The van der Waals surface area contributed by atoms with Crippen LogP contribution in [0, 0.1) is 0 Å². The molecule has 0 saturated carbocycles. The molecule has 7 heteroatoms. The number of ether oxygens (including phenoxy) is 1. The van der Waals surface area contributed by atoms with Crippen LogP contribution in [0.3, 0.4) is 0 Å². The fourth-order valence-corrected chi connectivity index (χ4v) is 2.58. The van der Waals surface area contributed by atoms with Crippen LogP contribution in [0.5, 0.6) is 5.75 Å². The van der Waals surface area contributed by atoms with E-state index < -0.39 is 0 Å². The zero-order valence-corrected chi connectivity index (χ0v) is 15.4. The van der Waals surface area contributed by atoms with Gasteiger partial charge in [0.1, 0.15) is 6.61 Å². The Morgan fingerprint density at radius 2 is 2.00 bits per heavy atom. The van der Waals surface area contributed by atoms with E-state index >= 15 is 0 Å². The van der Waals surface area contributed by atoms with Gasteiger partial charge in [0.2, 0.25) is 5.43 Å². The van der Waals surface area contributed by atoms with Gasteiger partial charge in [-0.1, -0.05) is 30.3 Å². The largest absolute Gasteiger partial charge is 0.483 e. The molecule has 7 nitrogen and oxygen atoms in total. The highest BCUT2D eigenvalue weighted by Crippen LogP contribution is 2.17. The van der Waals surface area contributed by atoms with Crippen LogP contribution in [-0.2, 0) is 13.2 Å². The molecule has 0 spiro atoms. The monoisotopic (exact) mass is 358 g/mol. The van der Waals surface area contributed by atoms with E-state index in [9.17, 15) is 9.59 Å². The molecule has 0 radical (unpaired) electrons. The Morgan fingerprint density at radius 1 is 1.31 bits per heavy atom. The summed E-state index contributed by atoms with van der Waals surface area (Å²) >= 11 is 0. The molecule has 0 unspecified atom stereocenters. The van der Waals surface area contributed by atoms with E-state index in [1.54, 1.807) is 7.05 Å². The second-order valence-corrected chi connectivity index (χ2v) is 6.22. The molecular weight excluding hydrogens is 332 g/mol. The van der Waals surface area contributed by atoms with Crippen molar-refractivity contribution in [2.45, 2.75) is 33.0 Å². The fourth-order valence-electron chi connectivity index (χ4n) is 2.58. The Labute approximate surface area is 153 Å². The molecule has 0 saturated heterocycles. The normalized spacial score (nSPS) is 10.8. The molecule has 2 aromatic rings. The lowest BCUT2D eigenvalue weighted by atomic mass is 10.2. The average molecular weight is 358 g/mol. The van der Waals surface area contributed by atoms with Crippen molar-refractivity contribution in [1.82, 2.24) is 15.2 Å². The van der Waals surface area contributed by atoms with Crippen molar-refractivity contribution in [2.75, 3.05) is 13.7 Å². The van der Waals surface area contributed by atoms with Gasteiger partial charge in [0.05, 0.1) is 6.67 Å². The number of aromatic amines is 1. The zero-order valence-electron chi connectivity index (χ0n) is 15.4. The predicted molar refractivity (Wildman–Crippen MR) is 101 cm³/mol. The number of nitrogens with two attached hydrogens (primary N) is 1. The highest BCUT2D eigenvalue weighted by Gasteiger charge is 2.24. The first-order chi connectivity index (χ1) is 12.5. The van der Waals surface area contributed by atoms with E-state index in [0.717, 1.165) is 5.56 Å². The molecule has 0 atom stereocenters. The molecule has 0 aliphatic rings.